The maximum Gasteiger partial charge on any atom is 0.222 e. The van der Waals surface area contributed by atoms with E-state index in [0.717, 1.165) is 16.2 Å². The van der Waals surface area contributed by atoms with Crippen molar-refractivity contribution in [3.05, 3.63) is 39.2 Å². The minimum Gasteiger partial charge on any atom is -0.438 e. The van der Waals surface area contributed by atoms with Crippen LogP contribution in [-0.4, -0.2) is 4.98 Å². The smallest absolute Gasteiger partial charge is 0.222 e. The van der Waals surface area contributed by atoms with Crippen LogP contribution in [0.1, 0.15) is 10.4 Å². The van der Waals surface area contributed by atoms with E-state index in [1.165, 1.54) is 0 Å². The van der Waals surface area contributed by atoms with Crippen molar-refractivity contribution in [1.29, 1.82) is 0 Å². The number of pyridine rings is 1. The molecule has 2 rings (SSSR count). The van der Waals surface area contributed by atoms with Gasteiger partial charge in [0.25, 0.3) is 0 Å². The topological polar surface area (TPSA) is 22.1 Å². The lowest BCUT2D eigenvalue weighted by Crippen LogP contribution is -1.91. The van der Waals surface area contributed by atoms with Crippen LogP contribution in [0.2, 0.25) is 5.02 Å². The molecule has 2 aromatic rings. The zero-order chi connectivity index (χ0) is 11.5. The van der Waals surface area contributed by atoms with E-state index in [-0.39, 0.29) is 0 Å². The van der Waals surface area contributed by atoms with Crippen LogP contribution in [-0.2, 0) is 5.75 Å². The molecule has 0 spiro atoms. The molecule has 0 unspecified atom stereocenters. The molecule has 84 valence electrons. The Labute approximate surface area is 109 Å². The minimum atomic E-state index is 0.589. The van der Waals surface area contributed by atoms with Crippen molar-refractivity contribution in [1.82, 2.24) is 4.98 Å². The van der Waals surface area contributed by atoms with Crippen LogP contribution in [0.4, 0.5) is 0 Å². The average molecular weight is 272 g/mol. The largest absolute Gasteiger partial charge is 0.438 e. The Bertz CT molecular complexity index is 498. The summed E-state index contributed by atoms with van der Waals surface area (Å²) in [4.78, 5) is 5.25. The number of rotatable bonds is 3. The van der Waals surface area contributed by atoms with Gasteiger partial charge in [-0.05, 0) is 24.4 Å². The van der Waals surface area contributed by atoms with Crippen molar-refractivity contribution < 1.29 is 4.74 Å². The molecule has 2 nitrogen and oxygen atoms in total. The van der Waals surface area contributed by atoms with Gasteiger partial charge in [0.1, 0.15) is 5.75 Å². The monoisotopic (exact) mass is 271 g/mol. The second kappa shape index (κ2) is 5.08. The molecule has 0 amide bonds. The van der Waals surface area contributed by atoms with Gasteiger partial charge in [-0.25, -0.2) is 4.98 Å². The van der Waals surface area contributed by atoms with Crippen molar-refractivity contribution in [2.24, 2.45) is 0 Å². The van der Waals surface area contributed by atoms with E-state index in [0.29, 0.717) is 16.7 Å². The molecule has 0 aliphatic rings. The zero-order valence-corrected chi connectivity index (χ0v) is 11.1. The number of hydrogen-bond donors (Lipinski definition) is 1. The molecule has 2 aromatic heterocycles. The Hall–Kier alpha value is -0.710. The summed E-state index contributed by atoms with van der Waals surface area (Å²) in [6, 6.07) is 3.75. The van der Waals surface area contributed by atoms with Crippen LogP contribution < -0.4 is 4.74 Å². The van der Waals surface area contributed by atoms with Gasteiger partial charge in [0.05, 0.1) is 9.90 Å². The van der Waals surface area contributed by atoms with Crippen molar-refractivity contribution in [2.75, 3.05) is 0 Å². The second-order valence-electron chi connectivity index (χ2n) is 3.24. The average Bonchev–Trinajstić information content (AvgIpc) is 2.69. The van der Waals surface area contributed by atoms with Gasteiger partial charge < -0.3 is 4.74 Å². The van der Waals surface area contributed by atoms with E-state index in [1.54, 1.807) is 17.5 Å². The predicted octanol–water partition coefficient (Wildman–Crippen LogP) is 4.33. The molecule has 0 atom stereocenters. The van der Waals surface area contributed by atoms with E-state index >= 15 is 0 Å². The first kappa shape index (κ1) is 11.8. The van der Waals surface area contributed by atoms with Crippen LogP contribution in [0.25, 0.3) is 0 Å². The van der Waals surface area contributed by atoms with E-state index < -0.39 is 0 Å². The van der Waals surface area contributed by atoms with Gasteiger partial charge in [0, 0.05) is 17.5 Å². The number of ether oxygens (including phenoxy) is 1. The standard InChI is InChI=1S/C11H10ClNOS2/c1-7-4-8(12)5-13-11(7)14-9-2-3-16-10(9)6-15/h2-5,15H,6H2,1H3. The fourth-order valence-electron chi connectivity index (χ4n) is 1.27. The maximum atomic E-state index is 5.83. The third-order valence-electron chi connectivity index (χ3n) is 2.05. The number of nitrogens with zero attached hydrogens (tertiary/aromatic N) is 1. The molecule has 0 fully saturated rings. The Morgan fingerprint density at radius 3 is 3.06 bits per heavy atom. The summed E-state index contributed by atoms with van der Waals surface area (Å²) in [6.45, 7) is 1.92. The summed E-state index contributed by atoms with van der Waals surface area (Å²) in [5.74, 6) is 2.07. The highest BCUT2D eigenvalue weighted by molar-refractivity contribution is 7.79. The SMILES string of the molecule is Cc1cc(Cl)cnc1Oc1ccsc1CS. The molecule has 0 aromatic carbocycles. The first-order chi connectivity index (χ1) is 7.70. The van der Waals surface area contributed by atoms with Crippen LogP contribution >= 0.6 is 35.6 Å². The predicted molar refractivity (Wildman–Crippen MR) is 71.1 cm³/mol. The number of thiophene rings is 1. The molecule has 0 bridgehead atoms. The Morgan fingerprint density at radius 1 is 1.56 bits per heavy atom. The molecule has 16 heavy (non-hydrogen) atoms. The van der Waals surface area contributed by atoms with Crippen molar-refractivity contribution in [3.63, 3.8) is 0 Å². The number of hydrogen-bond acceptors (Lipinski definition) is 4. The van der Waals surface area contributed by atoms with Crippen LogP contribution in [0.5, 0.6) is 11.6 Å². The zero-order valence-electron chi connectivity index (χ0n) is 8.61. The summed E-state index contributed by atoms with van der Waals surface area (Å²) in [6.07, 6.45) is 1.58. The molecule has 0 aliphatic carbocycles. The maximum absolute atomic E-state index is 5.83. The molecule has 0 aliphatic heterocycles. The van der Waals surface area contributed by atoms with Gasteiger partial charge in [0.2, 0.25) is 5.88 Å². The second-order valence-corrected chi connectivity index (χ2v) is 5.00. The summed E-state index contributed by atoms with van der Waals surface area (Å²) >= 11 is 11.7. The molecule has 0 radical (unpaired) electrons. The van der Waals surface area contributed by atoms with Crippen molar-refractivity contribution >= 4 is 35.6 Å². The lowest BCUT2D eigenvalue weighted by molar-refractivity contribution is 0.458. The Morgan fingerprint density at radius 2 is 2.38 bits per heavy atom. The van der Waals surface area contributed by atoms with Crippen LogP contribution in [0.15, 0.2) is 23.7 Å². The van der Waals surface area contributed by atoms with Crippen LogP contribution in [0, 0.1) is 6.92 Å². The molecular weight excluding hydrogens is 262 g/mol. The van der Waals surface area contributed by atoms with Gasteiger partial charge in [-0.3, -0.25) is 0 Å². The fourth-order valence-corrected chi connectivity index (χ4v) is 2.52. The van der Waals surface area contributed by atoms with Crippen LogP contribution in [0.3, 0.4) is 0 Å². The van der Waals surface area contributed by atoms with E-state index in [4.69, 9.17) is 16.3 Å². The first-order valence-electron chi connectivity index (χ1n) is 4.68. The van der Waals surface area contributed by atoms with E-state index in [1.807, 2.05) is 24.4 Å². The van der Waals surface area contributed by atoms with Gasteiger partial charge in [-0.1, -0.05) is 11.6 Å². The summed E-state index contributed by atoms with van der Waals surface area (Å²) in [5.41, 5.74) is 0.920. The summed E-state index contributed by atoms with van der Waals surface area (Å²) in [7, 11) is 0. The number of halogens is 1. The molecule has 5 heteroatoms. The molecule has 2 heterocycles. The van der Waals surface area contributed by atoms with Gasteiger partial charge >= 0.3 is 0 Å². The van der Waals surface area contributed by atoms with Gasteiger partial charge in [0.15, 0.2) is 0 Å². The minimum absolute atomic E-state index is 0.589. The third kappa shape index (κ3) is 2.51. The Kier molecular flexibility index (Phi) is 3.74. The highest BCUT2D eigenvalue weighted by Gasteiger charge is 2.08. The Balaban J connectivity index is 2.27. The van der Waals surface area contributed by atoms with Gasteiger partial charge in [-0.15, -0.1) is 11.3 Å². The highest BCUT2D eigenvalue weighted by Crippen LogP contribution is 2.31. The van der Waals surface area contributed by atoms with E-state index in [9.17, 15) is 0 Å². The quantitative estimate of drug-likeness (QED) is 0.840. The number of thiol groups is 1. The van der Waals surface area contributed by atoms with Gasteiger partial charge in [-0.2, -0.15) is 12.6 Å². The molecule has 0 saturated carbocycles. The normalized spacial score (nSPS) is 10.4. The van der Waals surface area contributed by atoms with Crippen molar-refractivity contribution in [3.8, 4) is 11.6 Å². The number of aromatic nitrogens is 1. The summed E-state index contributed by atoms with van der Waals surface area (Å²) in [5, 5.41) is 2.59. The number of aryl methyl sites for hydroxylation is 1. The lowest BCUT2D eigenvalue weighted by Gasteiger charge is -2.07. The molecular formula is C11H10ClNOS2. The van der Waals surface area contributed by atoms with Crippen molar-refractivity contribution in [2.45, 2.75) is 12.7 Å². The fraction of sp³-hybridized carbons (Fsp3) is 0.182. The highest BCUT2D eigenvalue weighted by atomic mass is 35.5. The van der Waals surface area contributed by atoms with E-state index in [2.05, 4.69) is 17.6 Å². The molecule has 0 N–H and O–H groups in total. The third-order valence-corrected chi connectivity index (χ3v) is 3.69. The first-order valence-corrected chi connectivity index (χ1v) is 6.57. The lowest BCUT2D eigenvalue weighted by atomic mass is 10.3. The summed E-state index contributed by atoms with van der Waals surface area (Å²) < 4.78 is 5.72. The molecule has 0 saturated heterocycles.